The molecule has 0 bridgehead atoms. The summed E-state index contributed by atoms with van der Waals surface area (Å²) in [6.07, 6.45) is 0.684. The molecule has 0 aliphatic heterocycles. The lowest BCUT2D eigenvalue weighted by atomic mass is 10.3. The van der Waals surface area contributed by atoms with Gasteiger partial charge in [-0.25, -0.2) is 4.98 Å². The van der Waals surface area contributed by atoms with Crippen LogP contribution in [0.4, 0.5) is 26.1 Å². The molecule has 7 nitrogen and oxygen atoms in total. The van der Waals surface area contributed by atoms with E-state index < -0.39 is 6.61 Å². The van der Waals surface area contributed by atoms with Gasteiger partial charge in [0, 0.05) is 19.2 Å². The Morgan fingerprint density at radius 1 is 1.03 bits per heavy atom. The predicted octanol–water partition coefficient (Wildman–Crippen LogP) is 5.42. The largest absolute Gasteiger partial charge is 0.435 e. The first-order chi connectivity index (χ1) is 15.0. The summed E-state index contributed by atoms with van der Waals surface area (Å²) in [4.78, 5) is 13.9. The van der Waals surface area contributed by atoms with E-state index >= 15 is 0 Å². The van der Waals surface area contributed by atoms with Crippen molar-refractivity contribution in [2.45, 2.75) is 20.0 Å². The summed E-state index contributed by atoms with van der Waals surface area (Å²) in [6, 6.07) is 13.8. The molecule has 2 aromatic carbocycles. The SMILES string of the molecule is CCc1nc2ccccc2n1-c1nc(NC)c(Cl)c(Nc2ccc(OC(F)F)cc2)n1. The van der Waals surface area contributed by atoms with Crippen LogP contribution in [0.2, 0.25) is 5.02 Å². The van der Waals surface area contributed by atoms with Crippen LogP contribution in [-0.2, 0) is 6.42 Å². The smallest absolute Gasteiger partial charge is 0.387 e. The van der Waals surface area contributed by atoms with E-state index in [1.807, 2.05) is 35.8 Å². The van der Waals surface area contributed by atoms with Gasteiger partial charge in [0.25, 0.3) is 0 Å². The number of nitrogens with zero attached hydrogens (tertiary/aromatic N) is 4. The molecule has 2 heterocycles. The highest BCUT2D eigenvalue weighted by atomic mass is 35.5. The number of rotatable bonds is 7. The fourth-order valence-corrected chi connectivity index (χ4v) is 3.40. The number of nitrogens with one attached hydrogen (secondary N) is 2. The lowest BCUT2D eigenvalue weighted by molar-refractivity contribution is -0.0498. The minimum Gasteiger partial charge on any atom is -0.435 e. The fourth-order valence-electron chi connectivity index (χ4n) is 3.18. The monoisotopic (exact) mass is 444 g/mol. The molecular formula is C21H19ClF2N6O. The Labute approximate surface area is 182 Å². The number of ether oxygens (including phenoxy) is 1. The molecule has 31 heavy (non-hydrogen) atoms. The standard InChI is InChI=1S/C21H19ClF2N6O/c1-3-16-27-14-6-4-5-7-15(14)30(16)21-28-18(25-2)17(22)19(29-21)26-12-8-10-13(11-9-12)31-20(23)24/h4-11,20H,3H2,1-2H3,(H2,25,26,28,29). The number of hydrogen-bond acceptors (Lipinski definition) is 6. The van der Waals surface area contributed by atoms with E-state index in [0.717, 1.165) is 16.9 Å². The predicted molar refractivity (Wildman–Crippen MR) is 117 cm³/mol. The number of aromatic nitrogens is 4. The number of aryl methyl sites for hydroxylation is 1. The highest BCUT2D eigenvalue weighted by Gasteiger charge is 2.18. The van der Waals surface area contributed by atoms with Crippen LogP contribution in [-0.4, -0.2) is 33.2 Å². The molecule has 0 radical (unpaired) electrons. The molecule has 4 aromatic rings. The van der Waals surface area contributed by atoms with Crippen LogP contribution in [0.3, 0.4) is 0 Å². The van der Waals surface area contributed by atoms with Crippen molar-refractivity contribution in [3.05, 3.63) is 59.4 Å². The highest BCUT2D eigenvalue weighted by molar-refractivity contribution is 6.35. The third-order valence-corrected chi connectivity index (χ3v) is 4.92. The zero-order chi connectivity index (χ0) is 22.0. The van der Waals surface area contributed by atoms with Crippen molar-refractivity contribution in [1.29, 1.82) is 0 Å². The Morgan fingerprint density at radius 2 is 1.74 bits per heavy atom. The maximum atomic E-state index is 12.4. The summed E-state index contributed by atoms with van der Waals surface area (Å²) >= 11 is 6.49. The van der Waals surface area contributed by atoms with Crippen LogP contribution in [0.25, 0.3) is 17.0 Å². The fraction of sp³-hybridized carbons (Fsp3) is 0.190. The van der Waals surface area contributed by atoms with Crippen LogP contribution in [0, 0.1) is 0 Å². The summed E-state index contributed by atoms with van der Waals surface area (Å²) in [5.74, 6) is 2.07. The maximum absolute atomic E-state index is 12.4. The second kappa shape index (κ2) is 8.73. The number of anilines is 3. The maximum Gasteiger partial charge on any atom is 0.387 e. The minimum atomic E-state index is -2.88. The molecule has 2 N–H and O–H groups in total. The van der Waals surface area contributed by atoms with Gasteiger partial charge < -0.3 is 15.4 Å². The molecule has 0 fully saturated rings. The van der Waals surface area contributed by atoms with E-state index in [9.17, 15) is 8.78 Å². The summed E-state index contributed by atoms with van der Waals surface area (Å²) in [7, 11) is 1.71. The molecule has 0 saturated carbocycles. The first-order valence-electron chi connectivity index (χ1n) is 9.54. The number of halogens is 3. The van der Waals surface area contributed by atoms with Crippen LogP contribution in [0.5, 0.6) is 5.75 Å². The molecule has 0 aliphatic rings. The third kappa shape index (κ3) is 4.22. The summed E-state index contributed by atoms with van der Waals surface area (Å²) in [5.41, 5.74) is 2.32. The van der Waals surface area contributed by atoms with Crippen LogP contribution < -0.4 is 15.4 Å². The van der Waals surface area contributed by atoms with Gasteiger partial charge in [0.05, 0.1) is 11.0 Å². The van der Waals surface area contributed by atoms with Gasteiger partial charge >= 0.3 is 6.61 Å². The van der Waals surface area contributed by atoms with Crippen LogP contribution >= 0.6 is 11.6 Å². The van der Waals surface area contributed by atoms with Gasteiger partial charge in [-0.2, -0.15) is 18.7 Å². The van der Waals surface area contributed by atoms with Crippen molar-refractivity contribution >= 4 is 40.0 Å². The van der Waals surface area contributed by atoms with E-state index in [2.05, 4.69) is 30.3 Å². The molecule has 0 atom stereocenters. The van der Waals surface area contributed by atoms with Gasteiger partial charge in [-0.15, -0.1) is 0 Å². The van der Waals surface area contributed by atoms with Gasteiger partial charge in [0.1, 0.15) is 16.6 Å². The van der Waals surface area contributed by atoms with Crippen LogP contribution in [0.15, 0.2) is 48.5 Å². The quantitative estimate of drug-likeness (QED) is 0.396. The minimum absolute atomic E-state index is 0.0587. The molecule has 0 unspecified atom stereocenters. The van der Waals surface area contributed by atoms with Gasteiger partial charge in [-0.3, -0.25) is 4.57 Å². The Kier molecular flexibility index (Phi) is 5.85. The Hall–Kier alpha value is -3.46. The van der Waals surface area contributed by atoms with Crippen molar-refractivity contribution in [3.63, 3.8) is 0 Å². The average Bonchev–Trinajstić information content (AvgIpc) is 3.15. The molecule has 0 saturated heterocycles. The Bertz CT molecular complexity index is 1210. The zero-order valence-electron chi connectivity index (χ0n) is 16.7. The first-order valence-corrected chi connectivity index (χ1v) is 9.92. The number of hydrogen-bond donors (Lipinski definition) is 2. The summed E-state index contributed by atoms with van der Waals surface area (Å²) in [6.45, 7) is -0.872. The highest BCUT2D eigenvalue weighted by Crippen LogP contribution is 2.32. The second-order valence-electron chi connectivity index (χ2n) is 6.52. The van der Waals surface area contributed by atoms with Crippen molar-refractivity contribution in [2.75, 3.05) is 17.7 Å². The van der Waals surface area contributed by atoms with Crippen molar-refractivity contribution in [3.8, 4) is 11.7 Å². The topological polar surface area (TPSA) is 76.9 Å². The van der Waals surface area contributed by atoms with Gasteiger partial charge in [-0.05, 0) is 36.4 Å². The normalized spacial score (nSPS) is 11.2. The average molecular weight is 445 g/mol. The van der Waals surface area contributed by atoms with Crippen LogP contribution in [0.1, 0.15) is 12.7 Å². The molecule has 0 spiro atoms. The lowest BCUT2D eigenvalue weighted by Crippen LogP contribution is -2.10. The summed E-state index contributed by atoms with van der Waals surface area (Å²) < 4.78 is 31.0. The first kappa shape index (κ1) is 20.8. The van der Waals surface area contributed by atoms with Crippen molar-refractivity contribution in [2.24, 2.45) is 0 Å². The molecule has 160 valence electrons. The zero-order valence-corrected chi connectivity index (χ0v) is 17.5. The molecule has 2 aromatic heterocycles. The molecule has 0 amide bonds. The number of imidazole rings is 1. The Balaban J connectivity index is 1.77. The van der Waals surface area contributed by atoms with E-state index in [1.165, 1.54) is 12.1 Å². The third-order valence-electron chi connectivity index (χ3n) is 4.56. The van der Waals surface area contributed by atoms with E-state index in [4.69, 9.17) is 11.6 Å². The van der Waals surface area contributed by atoms with E-state index in [1.54, 1.807) is 19.2 Å². The number of para-hydroxylation sites is 2. The second-order valence-corrected chi connectivity index (χ2v) is 6.90. The summed E-state index contributed by atoms with van der Waals surface area (Å²) in [5, 5.41) is 6.39. The molecule has 10 heteroatoms. The molecule has 4 rings (SSSR count). The molecular weight excluding hydrogens is 426 g/mol. The van der Waals surface area contributed by atoms with Gasteiger partial charge in [0.2, 0.25) is 5.95 Å². The molecule has 0 aliphatic carbocycles. The number of fused-ring (bicyclic) bond motifs is 1. The number of benzene rings is 2. The van der Waals surface area contributed by atoms with Crippen molar-refractivity contribution < 1.29 is 13.5 Å². The van der Waals surface area contributed by atoms with Gasteiger partial charge in [-0.1, -0.05) is 30.7 Å². The Morgan fingerprint density at radius 3 is 2.42 bits per heavy atom. The van der Waals surface area contributed by atoms with Crippen molar-refractivity contribution in [1.82, 2.24) is 19.5 Å². The van der Waals surface area contributed by atoms with E-state index in [0.29, 0.717) is 34.7 Å². The van der Waals surface area contributed by atoms with E-state index in [-0.39, 0.29) is 5.75 Å². The number of alkyl halides is 2. The lowest BCUT2D eigenvalue weighted by Gasteiger charge is -2.14. The van der Waals surface area contributed by atoms with Gasteiger partial charge in [0.15, 0.2) is 11.6 Å².